The van der Waals surface area contributed by atoms with Crippen LogP contribution < -0.4 is 10.1 Å². The van der Waals surface area contributed by atoms with Crippen LogP contribution >= 0.6 is 11.6 Å². The van der Waals surface area contributed by atoms with Gasteiger partial charge in [-0.15, -0.1) is 0 Å². The molecule has 1 aromatic rings. The molecule has 1 saturated carbocycles. The molecule has 7 heteroatoms. The van der Waals surface area contributed by atoms with Gasteiger partial charge in [0.05, 0.1) is 17.7 Å². The van der Waals surface area contributed by atoms with Crippen molar-refractivity contribution in [2.45, 2.75) is 31.7 Å². The molecule has 1 aliphatic heterocycles. The molecule has 0 bridgehead atoms. The first kappa shape index (κ1) is 17.9. The van der Waals surface area contributed by atoms with Gasteiger partial charge in [0.1, 0.15) is 5.75 Å². The van der Waals surface area contributed by atoms with Gasteiger partial charge >= 0.3 is 6.03 Å². The number of nitrogens with one attached hydrogen (secondary N) is 1. The van der Waals surface area contributed by atoms with Gasteiger partial charge in [-0.05, 0) is 31.0 Å². The average molecular weight is 366 g/mol. The molecule has 1 heterocycles. The fraction of sp³-hybridized carbons (Fsp3) is 0.556. The Bertz CT molecular complexity index is 638. The molecule has 6 nitrogen and oxygen atoms in total. The number of nitrogens with zero attached hydrogens (tertiary/aromatic N) is 2. The maximum absolute atomic E-state index is 12.7. The summed E-state index contributed by atoms with van der Waals surface area (Å²) in [6.45, 7) is 2.11. The number of ether oxygens (including phenoxy) is 1. The van der Waals surface area contributed by atoms with E-state index in [-0.39, 0.29) is 11.9 Å². The van der Waals surface area contributed by atoms with Crippen molar-refractivity contribution < 1.29 is 14.3 Å². The van der Waals surface area contributed by atoms with Gasteiger partial charge < -0.3 is 19.9 Å². The van der Waals surface area contributed by atoms with Crippen LogP contribution in [0.25, 0.3) is 0 Å². The van der Waals surface area contributed by atoms with E-state index in [4.69, 9.17) is 16.3 Å². The minimum Gasteiger partial charge on any atom is -0.497 e. The van der Waals surface area contributed by atoms with Gasteiger partial charge in [-0.3, -0.25) is 4.79 Å². The quantitative estimate of drug-likeness (QED) is 0.895. The third-order valence-electron chi connectivity index (χ3n) is 4.94. The number of benzene rings is 1. The van der Waals surface area contributed by atoms with Crippen LogP contribution in [0.2, 0.25) is 5.02 Å². The Morgan fingerprint density at radius 1 is 1.12 bits per heavy atom. The Morgan fingerprint density at radius 2 is 1.76 bits per heavy atom. The third-order valence-corrected chi connectivity index (χ3v) is 5.26. The van der Waals surface area contributed by atoms with Crippen LogP contribution in [0.3, 0.4) is 0 Å². The van der Waals surface area contributed by atoms with E-state index in [1.807, 2.05) is 0 Å². The highest BCUT2D eigenvalue weighted by molar-refractivity contribution is 6.34. The lowest BCUT2D eigenvalue weighted by Gasteiger charge is -2.35. The summed E-state index contributed by atoms with van der Waals surface area (Å²) >= 11 is 6.19. The van der Waals surface area contributed by atoms with Gasteiger partial charge in [-0.1, -0.05) is 24.4 Å². The number of methoxy groups -OCH3 is 1. The summed E-state index contributed by atoms with van der Waals surface area (Å²) in [5, 5.41) is 3.47. The van der Waals surface area contributed by atoms with Crippen molar-refractivity contribution in [2.75, 3.05) is 33.3 Å². The molecule has 1 aromatic carbocycles. The fourth-order valence-corrected chi connectivity index (χ4v) is 3.67. The van der Waals surface area contributed by atoms with Gasteiger partial charge in [0.25, 0.3) is 5.91 Å². The average Bonchev–Trinajstić information content (AvgIpc) is 3.14. The summed E-state index contributed by atoms with van der Waals surface area (Å²) in [6, 6.07) is 5.35. The van der Waals surface area contributed by atoms with E-state index in [1.54, 1.807) is 35.1 Å². The Morgan fingerprint density at radius 3 is 2.36 bits per heavy atom. The lowest BCUT2D eigenvalue weighted by Crippen LogP contribution is -2.54. The minimum absolute atomic E-state index is 0.0125. The van der Waals surface area contributed by atoms with E-state index in [1.165, 1.54) is 12.8 Å². The lowest BCUT2D eigenvalue weighted by molar-refractivity contribution is 0.0663. The van der Waals surface area contributed by atoms with E-state index in [0.29, 0.717) is 48.6 Å². The highest BCUT2D eigenvalue weighted by Gasteiger charge is 2.27. The summed E-state index contributed by atoms with van der Waals surface area (Å²) < 4.78 is 5.11. The van der Waals surface area contributed by atoms with Crippen molar-refractivity contribution in [2.24, 2.45) is 0 Å². The molecule has 3 amide bonds. The first-order chi connectivity index (χ1) is 12.1. The standard InChI is InChI=1S/C18H24ClN3O3/c1-25-14-6-7-15(16(19)12-14)17(23)21-8-10-22(11-9-21)18(24)20-13-4-2-3-5-13/h6-7,12-13H,2-5,8-11H2,1H3,(H,20,24). The highest BCUT2D eigenvalue weighted by atomic mass is 35.5. The van der Waals surface area contributed by atoms with E-state index < -0.39 is 0 Å². The molecule has 0 spiro atoms. The molecule has 2 fully saturated rings. The van der Waals surface area contributed by atoms with Crippen LogP contribution in [0, 0.1) is 0 Å². The van der Waals surface area contributed by atoms with Crippen molar-refractivity contribution >= 4 is 23.5 Å². The molecule has 3 rings (SSSR count). The third kappa shape index (κ3) is 4.18. The second-order valence-corrected chi connectivity index (χ2v) is 6.96. The zero-order valence-corrected chi connectivity index (χ0v) is 15.2. The molecule has 136 valence electrons. The molecule has 25 heavy (non-hydrogen) atoms. The van der Waals surface area contributed by atoms with E-state index in [0.717, 1.165) is 12.8 Å². The molecular weight excluding hydrogens is 342 g/mol. The molecule has 0 aromatic heterocycles. The van der Waals surface area contributed by atoms with Crippen LogP contribution in [0.15, 0.2) is 18.2 Å². The van der Waals surface area contributed by atoms with Crippen LogP contribution in [-0.2, 0) is 0 Å². The first-order valence-corrected chi connectivity index (χ1v) is 9.14. The van der Waals surface area contributed by atoms with Crippen LogP contribution in [0.4, 0.5) is 4.79 Å². The van der Waals surface area contributed by atoms with Gasteiger partial charge in [0, 0.05) is 32.2 Å². The number of halogens is 1. The molecule has 2 aliphatic rings. The predicted octanol–water partition coefficient (Wildman–Crippen LogP) is 2.76. The van der Waals surface area contributed by atoms with E-state index in [2.05, 4.69) is 5.32 Å². The van der Waals surface area contributed by atoms with E-state index >= 15 is 0 Å². The largest absolute Gasteiger partial charge is 0.497 e. The Hall–Kier alpha value is -1.95. The molecule has 1 N–H and O–H groups in total. The number of hydrogen-bond donors (Lipinski definition) is 1. The molecule has 0 atom stereocenters. The Balaban J connectivity index is 1.54. The fourth-order valence-electron chi connectivity index (χ4n) is 3.42. The normalized spacial score (nSPS) is 18.3. The molecule has 0 unspecified atom stereocenters. The summed E-state index contributed by atoms with van der Waals surface area (Å²) in [4.78, 5) is 28.5. The van der Waals surface area contributed by atoms with Gasteiger partial charge in [0.2, 0.25) is 0 Å². The summed E-state index contributed by atoms with van der Waals surface area (Å²) in [6.07, 6.45) is 4.52. The zero-order valence-electron chi connectivity index (χ0n) is 14.5. The number of carbonyl (C=O) groups excluding carboxylic acids is 2. The number of urea groups is 1. The Labute approximate surface area is 153 Å². The van der Waals surface area contributed by atoms with E-state index in [9.17, 15) is 9.59 Å². The Kier molecular flexibility index (Phi) is 5.68. The molecule has 1 saturated heterocycles. The molecular formula is C18H24ClN3O3. The van der Waals surface area contributed by atoms with Crippen LogP contribution in [-0.4, -0.2) is 61.1 Å². The van der Waals surface area contributed by atoms with Gasteiger partial charge in [-0.2, -0.15) is 0 Å². The molecule has 0 radical (unpaired) electrons. The van der Waals surface area contributed by atoms with Crippen molar-refractivity contribution in [1.29, 1.82) is 0 Å². The van der Waals surface area contributed by atoms with Gasteiger partial charge in [-0.25, -0.2) is 4.79 Å². The topological polar surface area (TPSA) is 61.9 Å². The monoisotopic (exact) mass is 365 g/mol. The van der Waals surface area contributed by atoms with Gasteiger partial charge in [0.15, 0.2) is 0 Å². The zero-order chi connectivity index (χ0) is 17.8. The number of carbonyl (C=O) groups is 2. The summed E-state index contributed by atoms with van der Waals surface area (Å²) in [7, 11) is 1.56. The minimum atomic E-state index is -0.108. The highest BCUT2D eigenvalue weighted by Crippen LogP contribution is 2.24. The SMILES string of the molecule is COc1ccc(C(=O)N2CCN(C(=O)NC3CCCC3)CC2)c(Cl)c1. The number of amides is 3. The first-order valence-electron chi connectivity index (χ1n) is 8.76. The molecule has 1 aliphatic carbocycles. The number of piperazine rings is 1. The van der Waals surface area contributed by atoms with Crippen molar-refractivity contribution in [3.8, 4) is 5.75 Å². The van der Waals surface area contributed by atoms with Crippen LogP contribution in [0.1, 0.15) is 36.0 Å². The second kappa shape index (κ2) is 7.95. The smallest absolute Gasteiger partial charge is 0.317 e. The van der Waals surface area contributed by atoms with Crippen molar-refractivity contribution in [3.05, 3.63) is 28.8 Å². The van der Waals surface area contributed by atoms with Crippen molar-refractivity contribution in [3.63, 3.8) is 0 Å². The summed E-state index contributed by atoms with van der Waals surface area (Å²) in [5.41, 5.74) is 0.464. The number of hydrogen-bond acceptors (Lipinski definition) is 3. The summed E-state index contributed by atoms with van der Waals surface area (Å²) in [5.74, 6) is 0.512. The van der Waals surface area contributed by atoms with Crippen molar-refractivity contribution in [1.82, 2.24) is 15.1 Å². The number of rotatable bonds is 3. The van der Waals surface area contributed by atoms with Crippen LogP contribution in [0.5, 0.6) is 5.75 Å². The maximum atomic E-state index is 12.7. The lowest BCUT2D eigenvalue weighted by atomic mass is 10.1. The predicted molar refractivity (Wildman–Crippen MR) is 96.3 cm³/mol. The maximum Gasteiger partial charge on any atom is 0.317 e. The second-order valence-electron chi connectivity index (χ2n) is 6.56.